The molecule has 0 aliphatic carbocycles. The standard InChI is InChI=1S/C19H23N/c1-15(16-8-4-2-5-9-16)18-12-13-20-14-19(18)17-10-6-3-7-11-17/h2-11,15,18-20H,12-14H2,1H3. The van der Waals surface area contributed by atoms with E-state index in [1.165, 1.54) is 17.5 Å². The van der Waals surface area contributed by atoms with Gasteiger partial charge in [-0.1, -0.05) is 67.6 Å². The van der Waals surface area contributed by atoms with Crippen LogP contribution in [0.15, 0.2) is 60.7 Å². The molecule has 104 valence electrons. The third kappa shape index (κ3) is 2.78. The van der Waals surface area contributed by atoms with Crippen LogP contribution < -0.4 is 5.32 Å². The van der Waals surface area contributed by atoms with Crippen LogP contribution in [0, 0.1) is 5.92 Å². The molecule has 0 amide bonds. The van der Waals surface area contributed by atoms with Crippen molar-refractivity contribution in [2.45, 2.75) is 25.2 Å². The van der Waals surface area contributed by atoms with E-state index in [2.05, 4.69) is 72.9 Å². The maximum absolute atomic E-state index is 3.57. The van der Waals surface area contributed by atoms with Crippen LogP contribution in [-0.2, 0) is 0 Å². The number of benzene rings is 2. The van der Waals surface area contributed by atoms with Crippen molar-refractivity contribution in [3.8, 4) is 0 Å². The Morgan fingerprint density at radius 3 is 2.30 bits per heavy atom. The van der Waals surface area contributed by atoms with Crippen LogP contribution in [0.5, 0.6) is 0 Å². The predicted octanol–water partition coefficient (Wildman–Crippen LogP) is 4.18. The van der Waals surface area contributed by atoms with Crippen LogP contribution in [0.4, 0.5) is 0 Å². The minimum absolute atomic E-state index is 0.614. The molecule has 1 heterocycles. The number of hydrogen-bond donors (Lipinski definition) is 1. The molecule has 1 saturated heterocycles. The molecule has 0 radical (unpaired) electrons. The van der Waals surface area contributed by atoms with Gasteiger partial charge in [0.05, 0.1) is 0 Å². The molecule has 0 bridgehead atoms. The summed E-state index contributed by atoms with van der Waals surface area (Å²) in [5.41, 5.74) is 2.95. The van der Waals surface area contributed by atoms with E-state index in [4.69, 9.17) is 0 Å². The topological polar surface area (TPSA) is 12.0 Å². The quantitative estimate of drug-likeness (QED) is 0.877. The summed E-state index contributed by atoms with van der Waals surface area (Å²) in [6.07, 6.45) is 1.26. The smallest absolute Gasteiger partial charge is 0.00230 e. The van der Waals surface area contributed by atoms with Crippen molar-refractivity contribution >= 4 is 0 Å². The summed E-state index contributed by atoms with van der Waals surface area (Å²) >= 11 is 0. The van der Waals surface area contributed by atoms with E-state index in [0.29, 0.717) is 11.8 Å². The van der Waals surface area contributed by atoms with E-state index < -0.39 is 0 Å². The van der Waals surface area contributed by atoms with Gasteiger partial charge in [-0.3, -0.25) is 0 Å². The molecule has 1 fully saturated rings. The fourth-order valence-electron chi connectivity index (χ4n) is 3.55. The lowest BCUT2D eigenvalue weighted by Gasteiger charge is -2.37. The minimum atomic E-state index is 0.614. The maximum atomic E-state index is 3.57. The van der Waals surface area contributed by atoms with Crippen LogP contribution in [0.3, 0.4) is 0 Å². The molecule has 1 aliphatic heterocycles. The monoisotopic (exact) mass is 265 g/mol. The lowest BCUT2D eigenvalue weighted by atomic mass is 9.72. The average Bonchev–Trinajstić information content (AvgIpc) is 2.56. The lowest BCUT2D eigenvalue weighted by molar-refractivity contribution is 0.285. The van der Waals surface area contributed by atoms with E-state index >= 15 is 0 Å². The summed E-state index contributed by atoms with van der Waals surface area (Å²) in [4.78, 5) is 0. The Morgan fingerprint density at radius 2 is 1.60 bits per heavy atom. The summed E-state index contributed by atoms with van der Waals surface area (Å²) in [6, 6.07) is 22.0. The second-order valence-electron chi connectivity index (χ2n) is 5.87. The van der Waals surface area contributed by atoms with Crippen molar-refractivity contribution in [3.05, 3.63) is 71.8 Å². The molecule has 1 N–H and O–H groups in total. The summed E-state index contributed by atoms with van der Waals surface area (Å²) in [7, 11) is 0. The maximum Gasteiger partial charge on any atom is 0.00230 e. The second kappa shape index (κ2) is 6.23. The molecule has 3 atom stereocenters. The zero-order valence-electron chi connectivity index (χ0n) is 12.1. The van der Waals surface area contributed by atoms with E-state index in [9.17, 15) is 0 Å². The number of piperidine rings is 1. The Labute approximate surface area is 122 Å². The van der Waals surface area contributed by atoms with Crippen molar-refractivity contribution in [1.82, 2.24) is 5.32 Å². The third-order valence-corrected chi connectivity index (χ3v) is 4.73. The molecule has 2 aromatic rings. The van der Waals surface area contributed by atoms with E-state index in [-0.39, 0.29) is 0 Å². The highest BCUT2D eigenvalue weighted by molar-refractivity contribution is 5.26. The Bertz CT molecular complexity index is 520. The van der Waals surface area contributed by atoms with E-state index in [1.54, 1.807) is 0 Å². The Morgan fingerprint density at radius 1 is 0.950 bits per heavy atom. The van der Waals surface area contributed by atoms with Gasteiger partial charge in [0, 0.05) is 6.54 Å². The van der Waals surface area contributed by atoms with Gasteiger partial charge in [0.25, 0.3) is 0 Å². The van der Waals surface area contributed by atoms with Crippen LogP contribution in [0.25, 0.3) is 0 Å². The van der Waals surface area contributed by atoms with Crippen molar-refractivity contribution in [3.63, 3.8) is 0 Å². The molecule has 20 heavy (non-hydrogen) atoms. The third-order valence-electron chi connectivity index (χ3n) is 4.73. The van der Waals surface area contributed by atoms with Crippen LogP contribution >= 0.6 is 0 Å². The normalized spacial score (nSPS) is 24.2. The first-order valence-corrected chi connectivity index (χ1v) is 7.67. The molecule has 3 unspecified atom stereocenters. The highest BCUT2D eigenvalue weighted by atomic mass is 14.9. The van der Waals surface area contributed by atoms with Crippen LogP contribution in [0.1, 0.15) is 36.3 Å². The fraction of sp³-hybridized carbons (Fsp3) is 0.368. The first kappa shape index (κ1) is 13.4. The molecular weight excluding hydrogens is 242 g/mol. The van der Waals surface area contributed by atoms with Crippen molar-refractivity contribution in [2.75, 3.05) is 13.1 Å². The van der Waals surface area contributed by atoms with Gasteiger partial charge in [-0.05, 0) is 41.8 Å². The van der Waals surface area contributed by atoms with E-state index in [1.807, 2.05) is 0 Å². The fourth-order valence-corrected chi connectivity index (χ4v) is 3.55. The Hall–Kier alpha value is -1.60. The summed E-state index contributed by atoms with van der Waals surface area (Å²) in [5, 5.41) is 3.57. The number of rotatable bonds is 3. The van der Waals surface area contributed by atoms with Gasteiger partial charge in [0.2, 0.25) is 0 Å². The predicted molar refractivity (Wildman–Crippen MR) is 85.0 cm³/mol. The molecule has 1 heteroatoms. The largest absolute Gasteiger partial charge is 0.316 e. The van der Waals surface area contributed by atoms with Crippen molar-refractivity contribution in [1.29, 1.82) is 0 Å². The Balaban J connectivity index is 1.86. The average molecular weight is 265 g/mol. The van der Waals surface area contributed by atoms with Gasteiger partial charge < -0.3 is 5.32 Å². The first-order chi connectivity index (χ1) is 9.86. The summed E-state index contributed by atoms with van der Waals surface area (Å²) < 4.78 is 0. The van der Waals surface area contributed by atoms with Crippen LogP contribution in [-0.4, -0.2) is 13.1 Å². The number of nitrogens with one attached hydrogen (secondary N) is 1. The van der Waals surface area contributed by atoms with Crippen molar-refractivity contribution < 1.29 is 0 Å². The zero-order chi connectivity index (χ0) is 13.8. The van der Waals surface area contributed by atoms with Crippen LogP contribution in [0.2, 0.25) is 0 Å². The Kier molecular flexibility index (Phi) is 4.17. The molecule has 1 nitrogen and oxygen atoms in total. The van der Waals surface area contributed by atoms with Gasteiger partial charge in [-0.15, -0.1) is 0 Å². The molecule has 0 spiro atoms. The van der Waals surface area contributed by atoms with Gasteiger partial charge in [-0.25, -0.2) is 0 Å². The summed E-state index contributed by atoms with van der Waals surface area (Å²) in [6.45, 7) is 4.64. The molecular formula is C19H23N. The molecule has 1 aliphatic rings. The second-order valence-corrected chi connectivity index (χ2v) is 5.87. The summed E-state index contributed by atoms with van der Waals surface area (Å²) in [5.74, 6) is 1.96. The van der Waals surface area contributed by atoms with E-state index in [0.717, 1.165) is 19.0 Å². The molecule has 2 aromatic carbocycles. The molecule has 0 saturated carbocycles. The zero-order valence-corrected chi connectivity index (χ0v) is 12.1. The minimum Gasteiger partial charge on any atom is -0.316 e. The number of hydrogen-bond acceptors (Lipinski definition) is 1. The highest BCUT2D eigenvalue weighted by Gasteiger charge is 2.30. The first-order valence-electron chi connectivity index (χ1n) is 7.67. The van der Waals surface area contributed by atoms with Gasteiger partial charge >= 0.3 is 0 Å². The SMILES string of the molecule is CC(c1ccccc1)C1CCNCC1c1ccccc1. The highest BCUT2D eigenvalue weighted by Crippen LogP contribution is 2.39. The van der Waals surface area contributed by atoms with Gasteiger partial charge in [-0.2, -0.15) is 0 Å². The van der Waals surface area contributed by atoms with Crippen molar-refractivity contribution in [2.24, 2.45) is 5.92 Å². The molecule has 3 rings (SSSR count). The lowest BCUT2D eigenvalue weighted by Crippen LogP contribution is -2.37. The molecule has 0 aromatic heterocycles. The van der Waals surface area contributed by atoms with Gasteiger partial charge in [0.15, 0.2) is 0 Å². The van der Waals surface area contributed by atoms with Gasteiger partial charge in [0.1, 0.15) is 0 Å².